The van der Waals surface area contributed by atoms with Crippen molar-refractivity contribution >= 4 is 0 Å². The predicted octanol–water partition coefficient (Wildman–Crippen LogP) is 5.12. The highest BCUT2D eigenvalue weighted by Crippen LogP contribution is 2.30. The van der Waals surface area contributed by atoms with Crippen molar-refractivity contribution < 1.29 is 0 Å². The summed E-state index contributed by atoms with van der Waals surface area (Å²) in [5.74, 6) is 1.87. The molecule has 6 aromatic rings. The van der Waals surface area contributed by atoms with E-state index in [1.807, 2.05) is 21.5 Å². The highest BCUT2D eigenvalue weighted by atomic mass is 15.6. The van der Waals surface area contributed by atoms with Crippen LogP contribution in [0.2, 0.25) is 0 Å². The molecule has 2 aliphatic heterocycles. The first-order chi connectivity index (χ1) is 27.4. The normalized spacial score (nSPS) is 16.9. The molecule has 2 aliphatic rings. The molecule has 0 aliphatic carbocycles. The van der Waals surface area contributed by atoms with E-state index in [1.54, 1.807) is 0 Å². The summed E-state index contributed by atoms with van der Waals surface area (Å²) in [5.41, 5.74) is 7.65. The second-order valence-corrected chi connectivity index (χ2v) is 15.3. The van der Waals surface area contributed by atoms with E-state index < -0.39 is 0 Å². The maximum Gasteiger partial charge on any atom is 0.173 e. The summed E-state index contributed by atoms with van der Waals surface area (Å²) in [6, 6.07) is 38.8. The summed E-state index contributed by atoms with van der Waals surface area (Å²) in [7, 11) is 4.37. The predicted molar refractivity (Wildman–Crippen MR) is 220 cm³/mol. The van der Waals surface area contributed by atoms with Gasteiger partial charge < -0.3 is 9.80 Å². The number of nitrogens with zero attached hydrogens (tertiary/aromatic N) is 12. The number of aromatic nitrogens is 8. The van der Waals surface area contributed by atoms with Crippen LogP contribution in [0.3, 0.4) is 0 Å². The zero-order valence-electron chi connectivity index (χ0n) is 33.4. The third kappa shape index (κ3) is 10.2. The van der Waals surface area contributed by atoms with Crippen LogP contribution in [0.25, 0.3) is 0 Å². The van der Waals surface area contributed by atoms with Crippen LogP contribution >= 0.6 is 0 Å². The standard InChI is InChI=1S/2C22H28N6/c2*1-18-8-10-20(11-9-18)21(27-16-14-26(2)15-17-27)22-23-24-25-28(22)13-12-19-6-4-3-5-7-19/h2*3-11,21H,12-17H2,1-2H3. The van der Waals surface area contributed by atoms with E-state index in [9.17, 15) is 0 Å². The number of piperazine rings is 2. The van der Waals surface area contributed by atoms with Gasteiger partial charge in [0.2, 0.25) is 0 Å². The molecule has 0 saturated carbocycles. The van der Waals surface area contributed by atoms with Crippen molar-refractivity contribution in [2.75, 3.05) is 66.5 Å². The number of hydrogen-bond acceptors (Lipinski definition) is 10. The monoisotopic (exact) mass is 752 g/mol. The van der Waals surface area contributed by atoms with Gasteiger partial charge in [-0.05, 0) is 83.9 Å². The van der Waals surface area contributed by atoms with Gasteiger partial charge in [-0.2, -0.15) is 0 Å². The molecule has 2 atom stereocenters. The second-order valence-electron chi connectivity index (χ2n) is 15.3. The lowest BCUT2D eigenvalue weighted by molar-refractivity contribution is 0.121. The fraction of sp³-hybridized carbons (Fsp3) is 0.409. The lowest BCUT2D eigenvalue weighted by Gasteiger charge is -2.37. The van der Waals surface area contributed by atoms with Gasteiger partial charge in [-0.3, -0.25) is 9.80 Å². The van der Waals surface area contributed by atoms with Crippen LogP contribution in [0.15, 0.2) is 109 Å². The van der Waals surface area contributed by atoms with E-state index in [1.165, 1.54) is 33.4 Å². The van der Waals surface area contributed by atoms with Crippen molar-refractivity contribution in [1.29, 1.82) is 0 Å². The van der Waals surface area contributed by atoms with Gasteiger partial charge in [-0.15, -0.1) is 10.2 Å². The van der Waals surface area contributed by atoms with E-state index in [0.29, 0.717) is 0 Å². The van der Waals surface area contributed by atoms with E-state index in [0.717, 1.165) is 89.9 Å². The van der Waals surface area contributed by atoms with Gasteiger partial charge in [-0.1, -0.05) is 120 Å². The minimum absolute atomic E-state index is 0.0834. The van der Waals surface area contributed by atoms with Crippen LogP contribution in [0.1, 0.15) is 57.1 Å². The molecule has 2 fully saturated rings. The van der Waals surface area contributed by atoms with Crippen molar-refractivity contribution in [3.8, 4) is 0 Å². The zero-order chi connectivity index (χ0) is 38.7. The summed E-state index contributed by atoms with van der Waals surface area (Å²) >= 11 is 0. The first kappa shape index (κ1) is 39.1. The Kier molecular flexibility index (Phi) is 13.4. The van der Waals surface area contributed by atoms with Crippen LogP contribution in [0.5, 0.6) is 0 Å². The zero-order valence-corrected chi connectivity index (χ0v) is 33.4. The number of benzene rings is 4. The summed E-state index contributed by atoms with van der Waals surface area (Å²) in [5, 5.41) is 25.7. The lowest BCUT2D eigenvalue weighted by Crippen LogP contribution is -2.46. The molecule has 2 unspecified atom stereocenters. The molecule has 0 N–H and O–H groups in total. The summed E-state index contributed by atoms with van der Waals surface area (Å²) in [4.78, 5) is 9.77. The van der Waals surface area contributed by atoms with Crippen molar-refractivity contribution in [2.24, 2.45) is 0 Å². The summed E-state index contributed by atoms with van der Waals surface area (Å²) < 4.78 is 3.96. The number of rotatable bonds is 12. The van der Waals surface area contributed by atoms with Crippen molar-refractivity contribution in [1.82, 2.24) is 60.0 Å². The summed E-state index contributed by atoms with van der Waals surface area (Å²) in [6.45, 7) is 14.1. The van der Waals surface area contributed by atoms with E-state index in [2.05, 4.69) is 176 Å². The van der Waals surface area contributed by atoms with E-state index >= 15 is 0 Å². The Morgan fingerprint density at radius 2 is 0.821 bits per heavy atom. The van der Waals surface area contributed by atoms with Crippen LogP contribution < -0.4 is 0 Å². The highest BCUT2D eigenvalue weighted by molar-refractivity contribution is 5.30. The maximum absolute atomic E-state index is 4.47. The molecule has 12 heteroatoms. The molecule has 0 spiro atoms. The van der Waals surface area contributed by atoms with Crippen LogP contribution in [-0.2, 0) is 25.9 Å². The molecule has 0 radical (unpaired) electrons. The van der Waals surface area contributed by atoms with Crippen molar-refractivity contribution in [3.63, 3.8) is 0 Å². The smallest absolute Gasteiger partial charge is 0.173 e. The lowest BCUT2D eigenvalue weighted by atomic mass is 10.0. The molecule has 12 nitrogen and oxygen atoms in total. The Morgan fingerprint density at radius 3 is 1.18 bits per heavy atom. The summed E-state index contributed by atoms with van der Waals surface area (Å²) in [6.07, 6.45) is 1.84. The van der Waals surface area contributed by atoms with E-state index in [4.69, 9.17) is 0 Å². The van der Waals surface area contributed by atoms with Crippen molar-refractivity contribution in [3.05, 3.63) is 154 Å². The average Bonchev–Trinajstić information content (AvgIpc) is 3.90. The van der Waals surface area contributed by atoms with Crippen LogP contribution in [-0.4, -0.2) is 126 Å². The van der Waals surface area contributed by atoms with Crippen LogP contribution in [0.4, 0.5) is 0 Å². The molecule has 292 valence electrons. The number of likely N-dealkylation sites (N-methyl/N-ethyl adjacent to an activating group) is 2. The molecule has 2 aromatic heterocycles. The molecule has 4 aromatic carbocycles. The van der Waals surface area contributed by atoms with Gasteiger partial charge in [-0.25, -0.2) is 9.36 Å². The SMILES string of the molecule is Cc1ccc(C(c2nnnn2CCc2ccccc2)N2CCN(C)CC2)cc1.Cc1ccc(C(c2nnnn2CCc2ccccc2)N2CCN(C)CC2)cc1. The van der Waals surface area contributed by atoms with Gasteiger partial charge in [0.25, 0.3) is 0 Å². The first-order valence-corrected chi connectivity index (χ1v) is 20.0. The third-order valence-corrected chi connectivity index (χ3v) is 11.1. The number of hydrogen-bond donors (Lipinski definition) is 0. The fourth-order valence-electron chi connectivity index (χ4n) is 7.60. The number of tetrazole rings is 2. The molecular weight excluding hydrogens is 697 g/mol. The maximum atomic E-state index is 4.47. The van der Waals surface area contributed by atoms with Crippen molar-refractivity contribution in [2.45, 2.75) is 51.9 Å². The Hall–Kier alpha value is -5.14. The Morgan fingerprint density at radius 1 is 0.464 bits per heavy atom. The quantitative estimate of drug-likeness (QED) is 0.168. The van der Waals surface area contributed by atoms with Gasteiger partial charge in [0.15, 0.2) is 11.6 Å². The molecule has 2 saturated heterocycles. The average molecular weight is 753 g/mol. The molecule has 0 bridgehead atoms. The third-order valence-electron chi connectivity index (χ3n) is 11.1. The molecule has 0 amide bonds. The Bertz CT molecular complexity index is 1880. The Labute approximate surface area is 331 Å². The minimum atomic E-state index is 0.0834. The van der Waals surface area contributed by atoms with Crippen LogP contribution in [0, 0.1) is 13.8 Å². The van der Waals surface area contributed by atoms with E-state index in [-0.39, 0.29) is 12.1 Å². The highest BCUT2D eigenvalue weighted by Gasteiger charge is 2.31. The van der Waals surface area contributed by atoms with Gasteiger partial charge in [0.05, 0.1) is 12.1 Å². The van der Waals surface area contributed by atoms with Gasteiger partial charge >= 0.3 is 0 Å². The largest absolute Gasteiger partial charge is 0.304 e. The van der Waals surface area contributed by atoms with Gasteiger partial charge in [0, 0.05) is 65.4 Å². The molecular formula is C44H56N12. The molecule has 8 rings (SSSR count). The minimum Gasteiger partial charge on any atom is -0.304 e. The first-order valence-electron chi connectivity index (χ1n) is 20.0. The van der Waals surface area contributed by atoms with Gasteiger partial charge in [0.1, 0.15) is 0 Å². The Balaban J connectivity index is 0.000000172. The molecule has 4 heterocycles. The second kappa shape index (κ2) is 19.1. The number of aryl methyl sites for hydroxylation is 6. The molecule has 56 heavy (non-hydrogen) atoms. The fourth-order valence-corrected chi connectivity index (χ4v) is 7.60. The topological polar surface area (TPSA) is 100 Å².